The van der Waals surface area contributed by atoms with Crippen LogP contribution in [0.15, 0.2) is 54.6 Å². The molecule has 0 radical (unpaired) electrons. The summed E-state index contributed by atoms with van der Waals surface area (Å²) in [6.07, 6.45) is 0.750. The van der Waals surface area contributed by atoms with E-state index < -0.39 is 34.6 Å². The second kappa shape index (κ2) is 14.2. The number of aldehydes is 1. The average molecular weight is 545 g/mol. The van der Waals surface area contributed by atoms with Gasteiger partial charge in [-0.1, -0.05) is 19.9 Å². The van der Waals surface area contributed by atoms with Crippen LogP contribution in [-0.4, -0.2) is 54.5 Å². The number of carbonyl (C=O) groups is 2. The first-order valence-electron chi connectivity index (χ1n) is 12.5. The number of anilines is 4. The largest absolute Gasteiger partial charge is 0.388 e. The molecule has 1 aliphatic heterocycles. The minimum absolute atomic E-state index is 0.00472. The molecule has 1 heterocycles. The molecular weight excluding hydrogens is 509 g/mol. The van der Waals surface area contributed by atoms with E-state index in [1.807, 2.05) is 45.2 Å². The fraction of sp³-hybridized carbons (Fsp3) is 0.310. The van der Waals surface area contributed by atoms with Gasteiger partial charge in [0.25, 0.3) is 5.91 Å². The van der Waals surface area contributed by atoms with Crippen molar-refractivity contribution >= 4 is 34.9 Å². The van der Waals surface area contributed by atoms with E-state index in [1.54, 1.807) is 13.0 Å². The maximum atomic E-state index is 14.6. The summed E-state index contributed by atoms with van der Waals surface area (Å²) >= 11 is 0. The molecule has 3 aromatic rings. The van der Waals surface area contributed by atoms with Crippen molar-refractivity contribution in [2.75, 3.05) is 42.6 Å². The van der Waals surface area contributed by atoms with Gasteiger partial charge in [0.2, 0.25) is 0 Å². The molecule has 4 rings (SSSR count). The molecule has 1 aliphatic rings. The van der Waals surface area contributed by atoms with Crippen molar-refractivity contribution in [2.24, 2.45) is 0 Å². The molecule has 10 heteroatoms. The van der Waals surface area contributed by atoms with Gasteiger partial charge in [-0.3, -0.25) is 4.79 Å². The number of likely N-dealkylation sites (tertiary alicyclic amines) is 1. The Kier molecular flexibility index (Phi) is 11.3. The molecule has 0 saturated carbocycles. The number of carbonyl (C=O) groups excluding carboxylic acids is 2. The van der Waals surface area contributed by atoms with Gasteiger partial charge in [0.15, 0.2) is 11.6 Å². The molecule has 0 unspecified atom stereocenters. The van der Waals surface area contributed by atoms with Crippen molar-refractivity contribution in [2.45, 2.75) is 33.3 Å². The fourth-order valence-corrected chi connectivity index (χ4v) is 3.82. The summed E-state index contributed by atoms with van der Waals surface area (Å²) in [4.78, 5) is 23.2. The highest BCUT2D eigenvalue weighted by Gasteiger charge is 2.44. The third-order valence-electron chi connectivity index (χ3n) is 5.76. The molecule has 0 atom stereocenters. The Morgan fingerprint density at radius 3 is 2.15 bits per heavy atom. The van der Waals surface area contributed by atoms with Crippen LogP contribution in [0.5, 0.6) is 0 Å². The summed E-state index contributed by atoms with van der Waals surface area (Å²) in [5.74, 6) is -3.71. The van der Waals surface area contributed by atoms with Gasteiger partial charge in [-0.25, -0.2) is 13.2 Å². The highest BCUT2D eigenvalue weighted by molar-refractivity contribution is 6.01. The number of amides is 1. The predicted molar refractivity (Wildman–Crippen MR) is 149 cm³/mol. The van der Waals surface area contributed by atoms with E-state index in [0.717, 1.165) is 29.8 Å². The maximum absolute atomic E-state index is 14.6. The second-order valence-corrected chi connectivity index (χ2v) is 8.69. The predicted octanol–water partition coefficient (Wildman–Crippen LogP) is 5.73. The summed E-state index contributed by atoms with van der Waals surface area (Å²) in [6, 6.07) is 13.7. The van der Waals surface area contributed by atoms with Gasteiger partial charge in [0.1, 0.15) is 17.7 Å². The Bertz CT molecular complexity index is 1260. The number of β-amino-alcohol motifs (C(OH)–C–C–N with tert-alkyl or cyclic N) is 1. The zero-order chi connectivity index (χ0) is 29.2. The minimum Gasteiger partial charge on any atom is -0.388 e. The molecule has 210 valence electrons. The molecule has 39 heavy (non-hydrogen) atoms. The van der Waals surface area contributed by atoms with Crippen LogP contribution in [0.2, 0.25) is 0 Å². The first-order valence-corrected chi connectivity index (χ1v) is 12.5. The number of aryl methyl sites for hydroxylation is 1. The zero-order valence-corrected chi connectivity index (χ0v) is 22.7. The first-order chi connectivity index (χ1) is 18.6. The Labute approximate surface area is 227 Å². The number of rotatable bonds is 7. The Morgan fingerprint density at radius 2 is 1.59 bits per heavy atom. The molecule has 7 nitrogen and oxygen atoms in total. The molecule has 0 spiro atoms. The number of halogens is 3. The Balaban J connectivity index is 0.000000998. The summed E-state index contributed by atoms with van der Waals surface area (Å²) in [7, 11) is 1.82. The lowest BCUT2D eigenvalue weighted by Crippen LogP contribution is -2.66. The number of hydrogen-bond acceptors (Lipinski definition) is 6. The van der Waals surface area contributed by atoms with E-state index in [1.165, 1.54) is 24.0 Å². The van der Waals surface area contributed by atoms with Crippen LogP contribution in [0.3, 0.4) is 0 Å². The standard InChI is InChI=1S/C25H25F3N4O2.C2H4O.C2H6/c1-15-3-10-21(20(27)11-15)31-23-18(8-9-19(26)22(23)28)24(33)32-13-25(34,14-32)12-30-17-6-4-16(29-2)5-7-17;1-2-3;1-2/h3-11,29-31,34H,12-14H2,1-2H3;2H,1H3;1-2H3. The van der Waals surface area contributed by atoms with E-state index in [4.69, 9.17) is 4.79 Å². The van der Waals surface area contributed by atoms with E-state index in [2.05, 4.69) is 16.0 Å². The topological polar surface area (TPSA) is 93.7 Å². The van der Waals surface area contributed by atoms with Crippen LogP contribution in [0.25, 0.3) is 0 Å². The van der Waals surface area contributed by atoms with E-state index in [-0.39, 0.29) is 30.9 Å². The van der Waals surface area contributed by atoms with Gasteiger partial charge in [0.05, 0.1) is 30.0 Å². The van der Waals surface area contributed by atoms with Crippen LogP contribution < -0.4 is 16.0 Å². The van der Waals surface area contributed by atoms with Crippen molar-refractivity contribution in [3.05, 3.63) is 83.2 Å². The van der Waals surface area contributed by atoms with Crippen molar-refractivity contribution < 1.29 is 27.9 Å². The molecule has 1 amide bonds. The van der Waals surface area contributed by atoms with Gasteiger partial charge < -0.3 is 30.8 Å². The number of hydrogen-bond donors (Lipinski definition) is 4. The van der Waals surface area contributed by atoms with Gasteiger partial charge in [0, 0.05) is 25.0 Å². The van der Waals surface area contributed by atoms with Crippen LogP contribution >= 0.6 is 0 Å². The molecule has 0 aliphatic carbocycles. The number of nitrogens with zero attached hydrogens (tertiary/aromatic N) is 1. The van der Waals surface area contributed by atoms with E-state index >= 15 is 0 Å². The minimum atomic E-state index is -1.28. The average Bonchev–Trinajstić information content (AvgIpc) is 2.91. The summed E-state index contributed by atoms with van der Waals surface area (Å²) in [5.41, 5.74) is 0.549. The first kappa shape index (κ1) is 31.2. The molecule has 4 N–H and O–H groups in total. The van der Waals surface area contributed by atoms with Gasteiger partial charge in [-0.2, -0.15) is 0 Å². The van der Waals surface area contributed by atoms with Crippen molar-refractivity contribution in [3.63, 3.8) is 0 Å². The Morgan fingerprint density at radius 1 is 1.00 bits per heavy atom. The van der Waals surface area contributed by atoms with Gasteiger partial charge >= 0.3 is 0 Å². The zero-order valence-electron chi connectivity index (χ0n) is 22.7. The molecule has 3 aromatic carbocycles. The van der Waals surface area contributed by atoms with E-state index in [0.29, 0.717) is 5.56 Å². The number of aliphatic hydroxyl groups is 1. The highest BCUT2D eigenvalue weighted by atomic mass is 19.2. The molecule has 1 fully saturated rings. The monoisotopic (exact) mass is 544 g/mol. The van der Waals surface area contributed by atoms with Crippen molar-refractivity contribution in [1.29, 1.82) is 0 Å². The number of nitrogens with one attached hydrogen (secondary N) is 3. The summed E-state index contributed by atoms with van der Waals surface area (Å²) in [6.45, 7) is 7.35. The van der Waals surface area contributed by atoms with Crippen molar-refractivity contribution in [3.8, 4) is 0 Å². The quantitative estimate of drug-likeness (QED) is 0.284. The van der Waals surface area contributed by atoms with Crippen LogP contribution in [-0.2, 0) is 4.79 Å². The Hall–Kier alpha value is -4.05. The maximum Gasteiger partial charge on any atom is 0.256 e. The smallest absolute Gasteiger partial charge is 0.256 e. The molecule has 0 bridgehead atoms. The lowest BCUT2D eigenvalue weighted by Gasteiger charge is -2.46. The molecule has 0 aromatic heterocycles. The van der Waals surface area contributed by atoms with Gasteiger partial charge in [-0.15, -0.1) is 0 Å². The lowest BCUT2D eigenvalue weighted by molar-refractivity contribution is -0.106. The third-order valence-corrected chi connectivity index (χ3v) is 5.76. The fourth-order valence-electron chi connectivity index (χ4n) is 3.82. The normalized spacial score (nSPS) is 13.0. The SMILES string of the molecule is CC.CC=O.CNc1ccc(NCC2(O)CN(C(=O)c3ccc(F)c(F)c3Nc3ccc(C)cc3F)C2)cc1. The summed E-state index contributed by atoms with van der Waals surface area (Å²) in [5, 5.41) is 19.4. The summed E-state index contributed by atoms with van der Waals surface area (Å²) < 4.78 is 42.8. The number of benzene rings is 3. The third kappa shape index (κ3) is 7.97. The van der Waals surface area contributed by atoms with Crippen LogP contribution in [0.4, 0.5) is 35.9 Å². The van der Waals surface area contributed by atoms with Crippen LogP contribution in [0.1, 0.15) is 36.7 Å². The van der Waals surface area contributed by atoms with Crippen LogP contribution in [0, 0.1) is 24.4 Å². The highest BCUT2D eigenvalue weighted by Crippen LogP contribution is 2.31. The molecular formula is C29H35F3N4O3. The van der Waals surface area contributed by atoms with Crippen molar-refractivity contribution in [1.82, 2.24) is 4.90 Å². The lowest BCUT2D eigenvalue weighted by atomic mass is 9.92. The van der Waals surface area contributed by atoms with E-state index in [9.17, 15) is 23.1 Å². The van der Waals surface area contributed by atoms with Gasteiger partial charge in [-0.05, 0) is 67.9 Å². The molecule has 1 saturated heterocycles. The second-order valence-electron chi connectivity index (χ2n) is 8.69.